The molecule has 29 heavy (non-hydrogen) atoms. The van der Waals surface area contributed by atoms with Crippen LogP contribution in [0, 0.1) is 0 Å². The van der Waals surface area contributed by atoms with Crippen LogP contribution in [-0.2, 0) is 4.74 Å². The molecular weight excluding hydrogens is 352 g/mol. The highest BCUT2D eigenvalue weighted by atomic mass is 16.5. The fourth-order valence-corrected chi connectivity index (χ4v) is 6.59. The van der Waals surface area contributed by atoms with Gasteiger partial charge < -0.3 is 4.74 Å². The molecule has 2 aliphatic heterocycles. The molecule has 0 spiro atoms. The van der Waals surface area contributed by atoms with Gasteiger partial charge in [-0.15, -0.1) is 0 Å². The lowest BCUT2D eigenvalue weighted by Gasteiger charge is -2.20. The van der Waals surface area contributed by atoms with E-state index in [0.29, 0.717) is 0 Å². The van der Waals surface area contributed by atoms with Crippen LogP contribution in [0.15, 0.2) is 72.8 Å². The topological polar surface area (TPSA) is 9.23 Å². The van der Waals surface area contributed by atoms with E-state index < -0.39 is 0 Å². The van der Waals surface area contributed by atoms with Crippen molar-refractivity contribution in [1.82, 2.24) is 0 Å². The van der Waals surface area contributed by atoms with E-state index in [0.717, 1.165) is 0 Å². The number of hydrogen-bond donors (Lipinski definition) is 0. The van der Waals surface area contributed by atoms with Crippen molar-refractivity contribution in [1.29, 1.82) is 0 Å². The van der Waals surface area contributed by atoms with Crippen molar-refractivity contribution in [3.8, 4) is 0 Å². The van der Waals surface area contributed by atoms with Crippen LogP contribution in [0.4, 0.5) is 0 Å². The van der Waals surface area contributed by atoms with Crippen LogP contribution in [0.25, 0.3) is 53.9 Å². The molecule has 132 valence electrons. The molecule has 9 rings (SSSR count). The molecule has 7 aromatic rings. The van der Waals surface area contributed by atoms with Crippen LogP contribution in [0.5, 0.6) is 0 Å². The second-order valence-electron chi connectivity index (χ2n) is 8.75. The Hall–Kier alpha value is -3.42. The Morgan fingerprint density at radius 3 is 1.34 bits per heavy atom. The first kappa shape index (κ1) is 13.7. The predicted octanol–water partition coefficient (Wildman–Crippen LogP) is 7.29. The summed E-state index contributed by atoms with van der Waals surface area (Å²) in [7, 11) is 0. The third-order valence-corrected chi connectivity index (χ3v) is 7.63. The summed E-state index contributed by atoms with van der Waals surface area (Å²) in [5, 5.41) is 14.0. The fourth-order valence-electron chi connectivity index (χ4n) is 6.59. The van der Waals surface area contributed by atoms with E-state index in [-0.39, 0.29) is 12.2 Å². The van der Waals surface area contributed by atoms with Crippen LogP contribution in [0.1, 0.15) is 34.5 Å². The SMILES string of the molecule is c1ccc2c(c1)C1OC2c2c1c1ccc3ccc4ccc5ccc2c2c5c4c3c12. The van der Waals surface area contributed by atoms with Gasteiger partial charge in [0.15, 0.2) is 0 Å². The van der Waals surface area contributed by atoms with Gasteiger partial charge in [0.05, 0.1) is 0 Å². The van der Waals surface area contributed by atoms with Gasteiger partial charge in [-0.2, -0.15) is 0 Å². The molecule has 2 bridgehead atoms. The van der Waals surface area contributed by atoms with Gasteiger partial charge in [0, 0.05) is 0 Å². The molecule has 7 aromatic carbocycles. The summed E-state index contributed by atoms with van der Waals surface area (Å²) in [4.78, 5) is 0. The molecule has 1 nitrogen and oxygen atoms in total. The van der Waals surface area contributed by atoms with Gasteiger partial charge >= 0.3 is 0 Å². The van der Waals surface area contributed by atoms with Crippen LogP contribution >= 0.6 is 0 Å². The molecule has 0 radical (unpaired) electrons. The minimum atomic E-state index is 0.0617. The third kappa shape index (κ3) is 1.26. The van der Waals surface area contributed by atoms with Gasteiger partial charge in [-0.3, -0.25) is 0 Å². The van der Waals surface area contributed by atoms with Gasteiger partial charge in [0.2, 0.25) is 0 Å². The number of rotatable bonds is 0. The molecule has 2 heterocycles. The first-order valence-electron chi connectivity index (χ1n) is 10.3. The van der Waals surface area contributed by atoms with Crippen molar-refractivity contribution in [2.45, 2.75) is 12.2 Å². The Bertz CT molecular complexity index is 1660. The van der Waals surface area contributed by atoms with Crippen LogP contribution < -0.4 is 0 Å². The predicted molar refractivity (Wildman–Crippen MR) is 119 cm³/mol. The average molecular weight is 366 g/mol. The molecule has 2 unspecified atom stereocenters. The van der Waals surface area contributed by atoms with Crippen LogP contribution in [0.3, 0.4) is 0 Å². The minimum Gasteiger partial charge on any atom is -0.356 e. The summed E-state index contributed by atoms with van der Waals surface area (Å²) in [6, 6.07) is 27.2. The van der Waals surface area contributed by atoms with Gasteiger partial charge in [-0.1, -0.05) is 72.8 Å². The van der Waals surface area contributed by atoms with Crippen molar-refractivity contribution >= 4 is 53.9 Å². The Labute approximate surface area is 166 Å². The summed E-state index contributed by atoms with van der Waals surface area (Å²) in [6.45, 7) is 0. The van der Waals surface area contributed by atoms with E-state index in [1.165, 1.54) is 76.1 Å². The van der Waals surface area contributed by atoms with Gasteiger partial charge in [0.1, 0.15) is 12.2 Å². The highest BCUT2D eigenvalue weighted by molar-refractivity contribution is 6.45. The second kappa shape index (κ2) is 4.12. The summed E-state index contributed by atoms with van der Waals surface area (Å²) in [6.07, 6.45) is 0.123. The van der Waals surface area contributed by atoms with E-state index in [1.807, 2.05) is 0 Å². The lowest BCUT2D eigenvalue weighted by atomic mass is 9.80. The average Bonchev–Trinajstić information content (AvgIpc) is 3.46. The molecule has 0 aliphatic carbocycles. The number of hydrogen-bond acceptors (Lipinski definition) is 1. The molecule has 2 aliphatic rings. The van der Waals surface area contributed by atoms with Gasteiger partial charge in [-0.05, 0) is 76.1 Å². The van der Waals surface area contributed by atoms with Crippen molar-refractivity contribution < 1.29 is 4.74 Å². The Morgan fingerprint density at radius 1 is 0.448 bits per heavy atom. The Morgan fingerprint density at radius 2 is 0.862 bits per heavy atom. The van der Waals surface area contributed by atoms with Gasteiger partial charge in [0.25, 0.3) is 0 Å². The highest BCUT2D eigenvalue weighted by Crippen LogP contribution is 2.60. The normalized spacial score (nSPS) is 20.3. The van der Waals surface area contributed by atoms with Gasteiger partial charge in [-0.25, -0.2) is 0 Å². The monoisotopic (exact) mass is 366 g/mol. The maximum atomic E-state index is 6.61. The molecule has 0 saturated carbocycles. The lowest BCUT2D eigenvalue weighted by Crippen LogP contribution is -2.04. The highest BCUT2D eigenvalue weighted by Gasteiger charge is 2.45. The van der Waals surface area contributed by atoms with E-state index in [4.69, 9.17) is 4.74 Å². The maximum Gasteiger partial charge on any atom is 0.110 e. The van der Waals surface area contributed by atoms with E-state index in [1.54, 1.807) is 0 Å². The zero-order chi connectivity index (χ0) is 18.4. The second-order valence-corrected chi connectivity index (χ2v) is 8.75. The van der Waals surface area contributed by atoms with Crippen molar-refractivity contribution in [3.63, 3.8) is 0 Å². The number of benzene rings is 6. The molecule has 0 amide bonds. The third-order valence-electron chi connectivity index (χ3n) is 7.63. The van der Waals surface area contributed by atoms with Crippen LogP contribution in [0.2, 0.25) is 0 Å². The largest absolute Gasteiger partial charge is 0.356 e. The first-order chi connectivity index (χ1) is 14.4. The van der Waals surface area contributed by atoms with Crippen molar-refractivity contribution in [3.05, 3.63) is 95.1 Å². The summed E-state index contributed by atoms with van der Waals surface area (Å²) in [5.41, 5.74) is 5.51. The lowest BCUT2D eigenvalue weighted by molar-refractivity contribution is 0.0866. The first-order valence-corrected chi connectivity index (χ1v) is 10.3. The zero-order valence-electron chi connectivity index (χ0n) is 15.5. The maximum absolute atomic E-state index is 6.61. The van der Waals surface area contributed by atoms with E-state index >= 15 is 0 Å². The summed E-state index contributed by atoms with van der Waals surface area (Å²) >= 11 is 0. The van der Waals surface area contributed by atoms with Crippen molar-refractivity contribution in [2.24, 2.45) is 0 Å². The Kier molecular flexibility index (Phi) is 1.95. The summed E-state index contributed by atoms with van der Waals surface area (Å²) in [5.74, 6) is 0. The molecule has 1 heteroatoms. The smallest absolute Gasteiger partial charge is 0.110 e. The molecule has 0 aromatic heterocycles. The molecule has 0 fully saturated rings. The Balaban J connectivity index is 1.64. The number of fused-ring (bicyclic) bond motifs is 10. The molecule has 0 saturated heterocycles. The quantitative estimate of drug-likeness (QED) is 0.256. The molecule has 0 N–H and O–H groups in total. The number of ether oxygens (including phenoxy) is 1. The van der Waals surface area contributed by atoms with E-state index in [2.05, 4.69) is 72.8 Å². The van der Waals surface area contributed by atoms with Crippen molar-refractivity contribution in [2.75, 3.05) is 0 Å². The molecular formula is C28H14O. The molecule has 2 atom stereocenters. The standard InChI is InChI=1S/C28H14O/c1-2-4-17-16(3-1)27-25-18-11-9-14-7-5-13-6-8-15-10-12-19(26(25)28(17)29-27)24-22(15)20(13)21(14)23(18)24/h1-12,27-28H. The zero-order valence-corrected chi connectivity index (χ0v) is 15.5. The summed E-state index contributed by atoms with van der Waals surface area (Å²) < 4.78 is 6.61. The minimum absolute atomic E-state index is 0.0617. The van der Waals surface area contributed by atoms with Crippen LogP contribution in [-0.4, -0.2) is 0 Å². The fraction of sp³-hybridized carbons (Fsp3) is 0.0714. The van der Waals surface area contributed by atoms with E-state index in [9.17, 15) is 0 Å².